The van der Waals surface area contributed by atoms with E-state index in [1.165, 1.54) is 24.5 Å². The molecule has 1 atom stereocenters. The van der Waals surface area contributed by atoms with E-state index in [1.54, 1.807) is 4.90 Å². The van der Waals surface area contributed by atoms with E-state index in [4.69, 9.17) is 9.84 Å². The molecular weight excluding hydrogens is 541 g/mol. The largest absolute Gasteiger partial charge is 0.465 e. The number of rotatable bonds is 12. The summed E-state index contributed by atoms with van der Waals surface area (Å²) in [6.45, 7) is 16.1. The molecule has 42 heavy (non-hydrogen) atoms. The Kier molecular flexibility index (Phi) is 9.85. The lowest BCUT2D eigenvalue weighted by Gasteiger charge is -2.53. The van der Waals surface area contributed by atoms with Crippen molar-refractivity contribution < 1.29 is 23.8 Å². The first-order valence-electron chi connectivity index (χ1n) is 14.8. The molecule has 2 aliphatic heterocycles. The quantitative estimate of drug-likeness (QED) is 0.343. The molecule has 12 heteroatoms. The van der Waals surface area contributed by atoms with Crippen LogP contribution in [0.1, 0.15) is 71.2 Å². The van der Waals surface area contributed by atoms with Gasteiger partial charge in [0.05, 0.1) is 5.56 Å². The van der Waals surface area contributed by atoms with Gasteiger partial charge in [0.15, 0.2) is 5.82 Å². The zero-order valence-electron chi connectivity index (χ0n) is 25.5. The fourth-order valence-corrected chi connectivity index (χ4v) is 6.48. The van der Waals surface area contributed by atoms with E-state index in [9.17, 15) is 14.0 Å². The Hall–Kier alpha value is -3.54. The number of nitrogens with one attached hydrogen (secondary N) is 1. The van der Waals surface area contributed by atoms with Crippen molar-refractivity contribution in [3.05, 3.63) is 35.9 Å². The number of hydrogen-bond donors (Lipinski definition) is 2. The molecule has 2 fully saturated rings. The molecule has 2 N–H and O–H groups in total. The summed E-state index contributed by atoms with van der Waals surface area (Å²) in [6, 6.07) is 4.15. The molecule has 0 aliphatic carbocycles. The van der Waals surface area contributed by atoms with E-state index in [0.29, 0.717) is 24.3 Å². The Bertz CT molecular complexity index is 1240. The number of aromatic nitrogens is 3. The number of amides is 2. The number of hydrogen-bond acceptors (Lipinski definition) is 8. The number of ether oxygens (including phenoxy) is 1. The van der Waals surface area contributed by atoms with Crippen LogP contribution in [0, 0.1) is 17.2 Å². The standard InChI is InChI=1S/C30H44FN7O4/c1-19(2)24(8-7-12-32-29(40)41)37-16-30(17-37)11-13-36(15-30)26-27(35-34-18-33-26)42-25-10-9-22(31)14-23(25)28(39)38(20(3)4)21(5)6/h9-10,14,18-21,24,32H,7-8,11-13,15-17H2,1-6H3,(H,40,41). The monoisotopic (exact) mass is 585 g/mol. The molecule has 11 nitrogen and oxygen atoms in total. The van der Waals surface area contributed by atoms with Crippen molar-refractivity contribution in [1.82, 2.24) is 30.3 Å². The summed E-state index contributed by atoms with van der Waals surface area (Å²) in [4.78, 5) is 35.1. The lowest BCUT2D eigenvalue weighted by molar-refractivity contribution is -0.0338. The predicted molar refractivity (Wildman–Crippen MR) is 157 cm³/mol. The Morgan fingerprint density at radius 2 is 1.86 bits per heavy atom. The second-order valence-electron chi connectivity index (χ2n) is 12.5. The maximum Gasteiger partial charge on any atom is 0.404 e. The number of anilines is 1. The van der Waals surface area contributed by atoms with Crippen LogP contribution in [-0.4, -0.2) is 92.9 Å². The van der Waals surface area contributed by atoms with Crippen molar-refractivity contribution in [2.24, 2.45) is 11.3 Å². The minimum Gasteiger partial charge on any atom is -0.465 e. The van der Waals surface area contributed by atoms with Gasteiger partial charge in [0, 0.05) is 56.3 Å². The lowest BCUT2D eigenvalue weighted by Crippen LogP contribution is -2.62. The average Bonchev–Trinajstić information content (AvgIpc) is 3.34. The third kappa shape index (κ3) is 7.08. The third-order valence-corrected chi connectivity index (χ3v) is 8.30. The van der Waals surface area contributed by atoms with Gasteiger partial charge < -0.3 is 25.0 Å². The van der Waals surface area contributed by atoms with Crippen molar-refractivity contribution in [3.8, 4) is 11.6 Å². The molecule has 4 rings (SSSR count). The van der Waals surface area contributed by atoms with Crippen LogP contribution < -0.4 is 15.0 Å². The predicted octanol–water partition coefficient (Wildman–Crippen LogP) is 4.65. The highest BCUT2D eigenvalue weighted by molar-refractivity contribution is 5.97. The molecular formula is C30H44FN7O4. The molecule has 1 spiro atoms. The first-order chi connectivity index (χ1) is 19.9. The molecule has 1 aromatic heterocycles. The van der Waals surface area contributed by atoms with Gasteiger partial charge in [-0.1, -0.05) is 13.8 Å². The molecule has 1 unspecified atom stereocenters. The number of carbonyl (C=O) groups excluding carboxylic acids is 1. The molecule has 1 aromatic carbocycles. The molecule has 0 saturated carbocycles. The topological polar surface area (TPSA) is 124 Å². The number of benzene rings is 1. The lowest BCUT2D eigenvalue weighted by atomic mass is 9.76. The van der Waals surface area contributed by atoms with Crippen molar-refractivity contribution in [2.75, 3.05) is 37.6 Å². The van der Waals surface area contributed by atoms with E-state index in [-0.39, 0.29) is 40.6 Å². The van der Waals surface area contributed by atoms with E-state index < -0.39 is 11.9 Å². The fourth-order valence-electron chi connectivity index (χ4n) is 6.48. The summed E-state index contributed by atoms with van der Waals surface area (Å²) >= 11 is 0. The third-order valence-electron chi connectivity index (χ3n) is 8.30. The first kappa shape index (κ1) is 31.4. The second kappa shape index (κ2) is 13.2. The maximum atomic E-state index is 14.3. The van der Waals surface area contributed by atoms with Gasteiger partial charge >= 0.3 is 6.09 Å². The summed E-state index contributed by atoms with van der Waals surface area (Å²) in [5, 5.41) is 19.5. The Labute approximate surface area is 247 Å². The highest BCUT2D eigenvalue weighted by Gasteiger charge is 2.50. The van der Waals surface area contributed by atoms with Crippen LogP contribution in [0.15, 0.2) is 24.5 Å². The van der Waals surface area contributed by atoms with Crippen LogP contribution in [0.5, 0.6) is 11.6 Å². The van der Waals surface area contributed by atoms with Gasteiger partial charge in [0.2, 0.25) is 0 Å². The highest BCUT2D eigenvalue weighted by atomic mass is 19.1. The maximum absolute atomic E-state index is 14.3. The summed E-state index contributed by atoms with van der Waals surface area (Å²) in [6.07, 6.45) is 3.14. The van der Waals surface area contributed by atoms with Gasteiger partial charge in [-0.15, -0.1) is 10.2 Å². The van der Waals surface area contributed by atoms with Gasteiger partial charge in [-0.2, -0.15) is 0 Å². The first-order valence-corrected chi connectivity index (χ1v) is 14.8. The normalized spacial score (nSPS) is 17.1. The highest BCUT2D eigenvalue weighted by Crippen LogP contribution is 2.44. The van der Waals surface area contributed by atoms with Crippen molar-refractivity contribution in [3.63, 3.8) is 0 Å². The van der Waals surface area contributed by atoms with Crippen LogP contribution in [0.3, 0.4) is 0 Å². The van der Waals surface area contributed by atoms with Gasteiger partial charge in [-0.05, 0) is 71.1 Å². The van der Waals surface area contributed by atoms with Crippen molar-refractivity contribution in [1.29, 1.82) is 0 Å². The van der Waals surface area contributed by atoms with E-state index in [0.717, 1.165) is 45.4 Å². The molecule has 0 radical (unpaired) electrons. The Balaban J connectivity index is 1.46. The van der Waals surface area contributed by atoms with Crippen LogP contribution in [0.2, 0.25) is 0 Å². The number of carbonyl (C=O) groups is 2. The molecule has 2 saturated heterocycles. The number of nitrogens with zero attached hydrogens (tertiary/aromatic N) is 6. The molecule has 230 valence electrons. The van der Waals surface area contributed by atoms with Crippen molar-refractivity contribution >= 4 is 17.8 Å². The van der Waals surface area contributed by atoms with E-state index in [1.807, 2.05) is 27.7 Å². The van der Waals surface area contributed by atoms with Gasteiger partial charge in [0.25, 0.3) is 11.8 Å². The zero-order chi connectivity index (χ0) is 30.6. The van der Waals surface area contributed by atoms with Crippen LogP contribution in [0.4, 0.5) is 15.0 Å². The molecule has 3 heterocycles. The van der Waals surface area contributed by atoms with E-state index >= 15 is 0 Å². The molecule has 2 amide bonds. The summed E-state index contributed by atoms with van der Waals surface area (Å²) in [7, 11) is 0. The number of halogens is 1. The van der Waals surface area contributed by atoms with Crippen LogP contribution >= 0.6 is 0 Å². The number of carboxylic acid groups (broad SMARTS) is 1. The van der Waals surface area contributed by atoms with Crippen molar-refractivity contribution in [2.45, 2.75) is 78.9 Å². The van der Waals surface area contributed by atoms with Crippen LogP contribution in [-0.2, 0) is 0 Å². The second-order valence-corrected chi connectivity index (χ2v) is 12.5. The van der Waals surface area contributed by atoms with E-state index in [2.05, 4.69) is 44.1 Å². The molecule has 2 aromatic rings. The smallest absolute Gasteiger partial charge is 0.404 e. The number of likely N-dealkylation sites (tertiary alicyclic amines) is 1. The SMILES string of the molecule is CC(C)C(CCCNC(=O)O)N1CC2(CCN(c3ncnnc3Oc3ccc(F)cc3C(=O)N(C(C)C)C(C)C)C2)C1. The summed E-state index contributed by atoms with van der Waals surface area (Å²) in [5.74, 6) is 0.555. The van der Waals surface area contributed by atoms with Gasteiger partial charge in [-0.25, -0.2) is 14.2 Å². The molecule has 2 aliphatic rings. The Morgan fingerprint density at radius 1 is 1.14 bits per heavy atom. The van der Waals surface area contributed by atoms with Gasteiger partial charge in [-0.3, -0.25) is 9.69 Å². The minimum absolute atomic E-state index is 0.0816. The summed E-state index contributed by atoms with van der Waals surface area (Å²) < 4.78 is 20.5. The Morgan fingerprint density at radius 3 is 2.50 bits per heavy atom. The van der Waals surface area contributed by atoms with Gasteiger partial charge in [0.1, 0.15) is 17.9 Å². The summed E-state index contributed by atoms with van der Waals surface area (Å²) in [5.41, 5.74) is 0.251. The minimum atomic E-state index is -0.983. The average molecular weight is 586 g/mol. The molecule has 0 bridgehead atoms. The fraction of sp³-hybridized carbons (Fsp3) is 0.633. The van der Waals surface area contributed by atoms with Crippen LogP contribution in [0.25, 0.3) is 0 Å². The zero-order valence-corrected chi connectivity index (χ0v) is 25.5.